The van der Waals surface area contributed by atoms with E-state index in [1.54, 1.807) is 0 Å². The molecule has 0 heterocycles. The quantitative estimate of drug-likeness (QED) is 0.296. The van der Waals surface area contributed by atoms with Gasteiger partial charge in [-0.2, -0.15) is 37.9 Å². The molecule has 0 rings (SSSR count). The van der Waals surface area contributed by atoms with Gasteiger partial charge in [-0.3, -0.25) is 19.2 Å². The molecule has 4 N–H and O–H groups in total. The summed E-state index contributed by atoms with van der Waals surface area (Å²) in [5, 5.41) is 31.5. The first-order valence-electron chi connectivity index (χ1n) is 7.24. The van der Waals surface area contributed by atoms with E-state index in [-0.39, 0.29) is 23.2 Å². The van der Waals surface area contributed by atoms with Crippen molar-refractivity contribution in [3.05, 3.63) is 0 Å². The Balaban J connectivity index is -0.000000126. The smallest absolute Gasteiger partial charge is 0.313 e. The van der Waals surface area contributed by atoms with E-state index < -0.39 is 23.9 Å². The first kappa shape index (κ1) is 31.7. The number of thiol groups is 3. The molecule has 0 saturated heterocycles. The third kappa shape index (κ3) is 45.1. The Morgan fingerprint density at radius 2 is 1.04 bits per heavy atom. The third-order valence-electron chi connectivity index (χ3n) is 2.15. The molecular formula is C14H28O8S3. The van der Waals surface area contributed by atoms with Crippen LogP contribution in [0.4, 0.5) is 0 Å². The number of aliphatic carboxylic acids is 4. The van der Waals surface area contributed by atoms with E-state index in [1.807, 2.05) is 6.92 Å². The SMILES string of the molecule is CCCCC(CC)C(=O)O.O=C(O)CS.O=C(O)CS.O=C(O)CS. The monoisotopic (exact) mass is 420 g/mol. The van der Waals surface area contributed by atoms with Crippen LogP contribution in [-0.2, 0) is 19.2 Å². The molecule has 0 aliphatic rings. The average molecular weight is 421 g/mol. The fourth-order valence-electron chi connectivity index (χ4n) is 0.953. The van der Waals surface area contributed by atoms with Crippen LogP contribution in [0.25, 0.3) is 0 Å². The Morgan fingerprint density at radius 3 is 1.16 bits per heavy atom. The Bertz CT molecular complexity index is 331. The molecule has 11 heteroatoms. The molecular weight excluding hydrogens is 392 g/mol. The minimum Gasteiger partial charge on any atom is -0.481 e. The van der Waals surface area contributed by atoms with Crippen LogP contribution in [0.3, 0.4) is 0 Å². The van der Waals surface area contributed by atoms with Crippen LogP contribution >= 0.6 is 37.9 Å². The summed E-state index contributed by atoms with van der Waals surface area (Å²) in [6.07, 6.45) is 3.71. The minimum atomic E-state index is -0.881. The lowest BCUT2D eigenvalue weighted by atomic mass is 10.00. The van der Waals surface area contributed by atoms with Gasteiger partial charge >= 0.3 is 23.9 Å². The molecule has 0 amide bonds. The number of carbonyl (C=O) groups is 4. The number of unbranched alkanes of at least 4 members (excludes halogenated alkanes) is 1. The maximum Gasteiger partial charge on any atom is 0.313 e. The van der Waals surface area contributed by atoms with Crippen LogP contribution in [0, 0.1) is 5.92 Å². The maximum absolute atomic E-state index is 10.4. The van der Waals surface area contributed by atoms with Gasteiger partial charge in [0.2, 0.25) is 0 Å². The van der Waals surface area contributed by atoms with E-state index in [1.165, 1.54) is 0 Å². The van der Waals surface area contributed by atoms with Gasteiger partial charge in [0.1, 0.15) is 0 Å². The van der Waals surface area contributed by atoms with Gasteiger partial charge in [0.05, 0.1) is 23.2 Å². The third-order valence-corrected chi connectivity index (χ3v) is 2.97. The summed E-state index contributed by atoms with van der Waals surface area (Å²) in [5.74, 6) is -3.65. The molecule has 0 bridgehead atoms. The Labute approximate surface area is 164 Å². The summed E-state index contributed by atoms with van der Waals surface area (Å²) in [6, 6.07) is 0. The Kier molecular flexibility index (Phi) is 31.9. The molecule has 0 aliphatic heterocycles. The van der Waals surface area contributed by atoms with Crippen LogP contribution in [-0.4, -0.2) is 61.6 Å². The van der Waals surface area contributed by atoms with Crippen molar-refractivity contribution in [2.24, 2.45) is 5.92 Å². The largest absolute Gasteiger partial charge is 0.481 e. The molecule has 0 fully saturated rings. The van der Waals surface area contributed by atoms with Gasteiger partial charge in [-0.1, -0.05) is 26.7 Å². The molecule has 150 valence electrons. The van der Waals surface area contributed by atoms with E-state index in [9.17, 15) is 19.2 Å². The predicted octanol–water partition coefficient (Wildman–Crippen LogP) is 2.29. The van der Waals surface area contributed by atoms with Crippen molar-refractivity contribution >= 4 is 61.8 Å². The Hall–Kier alpha value is -1.07. The standard InChI is InChI=1S/C8H16O2.3C2H4O2S/c1-3-5-6-7(4-2)8(9)10;3*3-2(4)1-5/h7H,3-6H2,1-2H3,(H,9,10);3*5H,1H2,(H,3,4). The molecule has 0 aromatic carbocycles. The molecule has 0 saturated carbocycles. The van der Waals surface area contributed by atoms with Gasteiger partial charge in [0.25, 0.3) is 0 Å². The highest BCUT2D eigenvalue weighted by atomic mass is 32.1. The zero-order valence-corrected chi connectivity index (χ0v) is 17.0. The molecule has 1 unspecified atom stereocenters. The fourth-order valence-corrected chi connectivity index (χ4v) is 0.953. The molecule has 1 atom stereocenters. The highest BCUT2D eigenvalue weighted by molar-refractivity contribution is 7.81. The van der Waals surface area contributed by atoms with Crippen molar-refractivity contribution in [3.63, 3.8) is 0 Å². The lowest BCUT2D eigenvalue weighted by molar-refractivity contribution is -0.142. The van der Waals surface area contributed by atoms with Crippen molar-refractivity contribution in [3.8, 4) is 0 Å². The van der Waals surface area contributed by atoms with Gasteiger partial charge < -0.3 is 20.4 Å². The number of rotatable bonds is 8. The zero-order valence-electron chi connectivity index (χ0n) is 14.3. The van der Waals surface area contributed by atoms with Gasteiger partial charge in [0, 0.05) is 0 Å². The zero-order chi connectivity index (χ0) is 20.8. The first-order chi connectivity index (χ1) is 11.5. The number of carboxylic acids is 4. The van der Waals surface area contributed by atoms with Crippen LogP contribution < -0.4 is 0 Å². The topological polar surface area (TPSA) is 149 Å². The van der Waals surface area contributed by atoms with E-state index in [0.29, 0.717) is 0 Å². The van der Waals surface area contributed by atoms with Crippen molar-refractivity contribution in [1.29, 1.82) is 0 Å². The molecule has 0 radical (unpaired) electrons. The van der Waals surface area contributed by atoms with Crippen LogP contribution in [0.15, 0.2) is 0 Å². The lowest BCUT2D eigenvalue weighted by Gasteiger charge is -2.06. The van der Waals surface area contributed by atoms with Crippen LogP contribution in [0.2, 0.25) is 0 Å². The second kappa shape index (κ2) is 25.2. The van der Waals surface area contributed by atoms with Gasteiger partial charge in [0.15, 0.2) is 0 Å². The summed E-state index contributed by atoms with van der Waals surface area (Å²) in [6.45, 7) is 4.00. The highest BCUT2D eigenvalue weighted by Gasteiger charge is 2.12. The number of carboxylic acid groups (broad SMARTS) is 4. The average Bonchev–Trinajstić information content (AvgIpc) is 2.56. The number of hydrogen-bond acceptors (Lipinski definition) is 7. The summed E-state index contributed by atoms with van der Waals surface area (Å²) in [5.41, 5.74) is 0. The maximum atomic E-state index is 10.4. The fraction of sp³-hybridized carbons (Fsp3) is 0.714. The second-order valence-corrected chi connectivity index (χ2v) is 5.19. The number of hydrogen-bond donors (Lipinski definition) is 7. The lowest BCUT2D eigenvalue weighted by Crippen LogP contribution is -2.11. The summed E-state index contributed by atoms with van der Waals surface area (Å²) in [7, 11) is 0. The van der Waals surface area contributed by atoms with E-state index in [0.717, 1.165) is 25.7 Å². The summed E-state index contributed by atoms with van der Waals surface area (Å²) >= 11 is 10.2. The molecule has 0 aromatic heterocycles. The predicted molar refractivity (Wildman–Crippen MR) is 105 cm³/mol. The van der Waals surface area contributed by atoms with Gasteiger partial charge in [-0.25, -0.2) is 0 Å². The van der Waals surface area contributed by atoms with E-state index >= 15 is 0 Å². The first-order valence-corrected chi connectivity index (χ1v) is 9.14. The highest BCUT2D eigenvalue weighted by Crippen LogP contribution is 2.11. The summed E-state index contributed by atoms with van der Waals surface area (Å²) < 4.78 is 0. The van der Waals surface area contributed by atoms with Gasteiger partial charge in [-0.15, -0.1) is 0 Å². The molecule has 0 spiro atoms. The molecule has 25 heavy (non-hydrogen) atoms. The van der Waals surface area contributed by atoms with Crippen molar-refractivity contribution in [2.75, 3.05) is 17.3 Å². The van der Waals surface area contributed by atoms with E-state index in [2.05, 4.69) is 44.8 Å². The second-order valence-electron chi connectivity index (χ2n) is 4.24. The summed E-state index contributed by atoms with van der Waals surface area (Å²) in [4.78, 5) is 38.3. The van der Waals surface area contributed by atoms with Crippen molar-refractivity contribution in [2.45, 2.75) is 39.5 Å². The Morgan fingerprint density at radius 1 is 0.760 bits per heavy atom. The normalized spacial score (nSPS) is 9.64. The molecule has 8 nitrogen and oxygen atoms in total. The van der Waals surface area contributed by atoms with Crippen molar-refractivity contribution < 1.29 is 39.6 Å². The van der Waals surface area contributed by atoms with Crippen molar-refractivity contribution in [1.82, 2.24) is 0 Å². The molecule has 0 aliphatic carbocycles. The van der Waals surface area contributed by atoms with Crippen LogP contribution in [0.5, 0.6) is 0 Å². The van der Waals surface area contributed by atoms with Gasteiger partial charge in [-0.05, 0) is 12.8 Å². The van der Waals surface area contributed by atoms with Crippen LogP contribution in [0.1, 0.15) is 39.5 Å². The molecule has 0 aromatic rings. The van der Waals surface area contributed by atoms with E-state index in [4.69, 9.17) is 20.4 Å². The minimum absolute atomic E-state index is 0.0833.